The molecule has 0 aromatic heterocycles. The first kappa shape index (κ1) is 13.5. The molecule has 0 radical (unpaired) electrons. The number of rotatable bonds is 5. The van der Waals surface area contributed by atoms with Gasteiger partial charge < -0.3 is 14.7 Å². The van der Waals surface area contributed by atoms with Crippen molar-refractivity contribution in [3.8, 4) is 5.75 Å². The molecule has 1 rings (SSSR count). The summed E-state index contributed by atoms with van der Waals surface area (Å²) in [7, 11) is 5.45. The molecule has 17 heavy (non-hydrogen) atoms. The number of hydrogen-bond donors (Lipinski definition) is 2. The summed E-state index contributed by atoms with van der Waals surface area (Å²) in [6.07, 6.45) is 0.746. The quantitative estimate of drug-likeness (QED) is 0.457. The fraction of sp³-hybridized carbons (Fsp3) is 0.417. The summed E-state index contributed by atoms with van der Waals surface area (Å²) in [5, 5.41) is 11.9. The van der Waals surface area contributed by atoms with Crippen molar-refractivity contribution in [3.05, 3.63) is 23.8 Å². The molecule has 0 aliphatic heterocycles. The molecule has 0 saturated heterocycles. The third kappa shape index (κ3) is 4.42. The van der Waals surface area contributed by atoms with E-state index in [0.717, 1.165) is 11.3 Å². The zero-order chi connectivity index (χ0) is 12.8. The van der Waals surface area contributed by atoms with Gasteiger partial charge in [0.2, 0.25) is 0 Å². The number of aliphatic hydroxyl groups excluding tert-OH is 1. The van der Waals surface area contributed by atoms with Gasteiger partial charge in [0.1, 0.15) is 5.75 Å². The van der Waals surface area contributed by atoms with Gasteiger partial charge in [-0.15, -0.1) is 0 Å². The second kappa shape index (κ2) is 6.22. The number of benzene rings is 1. The van der Waals surface area contributed by atoms with Crippen LogP contribution in [0.2, 0.25) is 0 Å². The Labute approximate surface area is 102 Å². The van der Waals surface area contributed by atoms with Crippen LogP contribution >= 0.6 is 0 Å². The van der Waals surface area contributed by atoms with Crippen molar-refractivity contribution >= 4 is 12.0 Å². The summed E-state index contributed by atoms with van der Waals surface area (Å²) in [6, 6.07) is 5.46. The van der Waals surface area contributed by atoms with Gasteiger partial charge in [-0.1, -0.05) is 0 Å². The first-order valence-corrected chi connectivity index (χ1v) is 5.36. The van der Waals surface area contributed by atoms with E-state index in [1.165, 1.54) is 0 Å². The van der Waals surface area contributed by atoms with Crippen LogP contribution in [-0.4, -0.2) is 43.9 Å². The monoisotopic (exact) mass is 237 g/mol. The van der Waals surface area contributed by atoms with Crippen LogP contribution in [0, 0.1) is 6.92 Å². The summed E-state index contributed by atoms with van der Waals surface area (Å²) < 4.78 is 5.21. The molecule has 5 nitrogen and oxygen atoms in total. The molecule has 0 fully saturated rings. The summed E-state index contributed by atoms with van der Waals surface area (Å²) in [5.41, 5.74) is 1.87. The van der Waals surface area contributed by atoms with E-state index in [1.807, 2.05) is 38.1 Å². The maximum atomic E-state index is 9.28. The van der Waals surface area contributed by atoms with E-state index in [9.17, 15) is 5.11 Å². The van der Waals surface area contributed by atoms with Crippen LogP contribution in [0.25, 0.3) is 0 Å². The van der Waals surface area contributed by atoms with Crippen LogP contribution in [0.1, 0.15) is 5.56 Å². The molecule has 0 spiro atoms. The van der Waals surface area contributed by atoms with Gasteiger partial charge in [0.05, 0.1) is 12.0 Å². The van der Waals surface area contributed by atoms with Gasteiger partial charge in [-0.3, -0.25) is 5.32 Å². The lowest BCUT2D eigenvalue weighted by atomic mass is 10.2. The first-order chi connectivity index (χ1) is 8.02. The summed E-state index contributed by atoms with van der Waals surface area (Å²) >= 11 is 0. The third-order valence-corrected chi connectivity index (χ3v) is 2.09. The molecule has 0 aliphatic rings. The normalized spacial score (nSPS) is 12.8. The number of nitrogens with one attached hydrogen (secondary N) is 1. The van der Waals surface area contributed by atoms with Crippen LogP contribution in [0.4, 0.5) is 5.69 Å². The molecule has 2 N–H and O–H groups in total. The van der Waals surface area contributed by atoms with Gasteiger partial charge in [0.15, 0.2) is 0 Å². The fourth-order valence-electron chi connectivity index (χ4n) is 1.21. The number of hydrogen-bond acceptors (Lipinski definition) is 4. The minimum Gasteiger partial charge on any atom is -0.451 e. The predicted octanol–water partition coefficient (Wildman–Crippen LogP) is 1.09. The van der Waals surface area contributed by atoms with E-state index < -0.39 is 6.41 Å². The van der Waals surface area contributed by atoms with Crippen molar-refractivity contribution in [2.24, 2.45) is 4.99 Å². The Hall–Kier alpha value is -1.59. The topological polar surface area (TPSA) is 57.1 Å². The van der Waals surface area contributed by atoms with Gasteiger partial charge in [0.25, 0.3) is 6.41 Å². The summed E-state index contributed by atoms with van der Waals surface area (Å²) in [4.78, 5) is 6.18. The van der Waals surface area contributed by atoms with Gasteiger partial charge in [-0.25, -0.2) is 4.99 Å². The molecule has 5 heteroatoms. The van der Waals surface area contributed by atoms with Gasteiger partial charge in [0, 0.05) is 14.1 Å². The molecular weight excluding hydrogens is 218 g/mol. The minimum atomic E-state index is -0.995. The van der Waals surface area contributed by atoms with E-state index in [0.29, 0.717) is 5.75 Å². The van der Waals surface area contributed by atoms with Crippen molar-refractivity contribution in [2.45, 2.75) is 13.3 Å². The molecule has 94 valence electrons. The Balaban J connectivity index is 2.79. The SMILES string of the molecule is CNC(O)Oc1ccc(N=CN(C)C)c(C)c1. The van der Waals surface area contributed by atoms with E-state index in [-0.39, 0.29) is 0 Å². The number of aliphatic hydroxyl groups is 1. The molecular formula is C12H19N3O2. The van der Waals surface area contributed by atoms with Crippen LogP contribution in [-0.2, 0) is 0 Å². The Morgan fingerprint density at radius 2 is 2.18 bits per heavy atom. The van der Waals surface area contributed by atoms with Crippen molar-refractivity contribution in [1.82, 2.24) is 10.2 Å². The summed E-state index contributed by atoms with van der Waals surface area (Å²) in [5.74, 6) is 0.605. The Kier molecular flexibility index (Phi) is 4.93. The minimum absolute atomic E-state index is 0.605. The number of nitrogens with zero attached hydrogens (tertiary/aromatic N) is 2. The average Bonchev–Trinajstić information content (AvgIpc) is 2.27. The smallest absolute Gasteiger partial charge is 0.256 e. The lowest BCUT2D eigenvalue weighted by Gasteiger charge is -2.13. The zero-order valence-corrected chi connectivity index (χ0v) is 10.6. The highest BCUT2D eigenvalue weighted by Gasteiger charge is 2.04. The highest BCUT2D eigenvalue weighted by Crippen LogP contribution is 2.23. The Morgan fingerprint density at radius 3 is 2.71 bits per heavy atom. The van der Waals surface area contributed by atoms with E-state index in [4.69, 9.17) is 4.74 Å². The van der Waals surface area contributed by atoms with Crippen molar-refractivity contribution in [1.29, 1.82) is 0 Å². The van der Waals surface area contributed by atoms with E-state index in [1.54, 1.807) is 19.5 Å². The highest BCUT2D eigenvalue weighted by molar-refractivity contribution is 5.63. The zero-order valence-electron chi connectivity index (χ0n) is 10.6. The van der Waals surface area contributed by atoms with Crippen LogP contribution in [0.15, 0.2) is 23.2 Å². The molecule has 0 heterocycles. The maximum Gasteiger partial charge on any atom is 0.256 e. The molecule has 0 aliphatic carbocycles. The molecule has 0 bridgehead atoms. The predicted molar refractivity (Wildman–Crippen MR) is 68.7 cm³/mol. The molecule has 0 saturated carbocycles. The van der Waals surface area contributed by atoms with Gasteiger partial charge in [-0.05, 0) is 37.7 Å². The molecule has 1 atom stereocenters. The second-order valence-electron chi connectivity index (χ2n) is 3.92. The van der Waals surface area contributed by atoms with Gasteiger partial charge >= 0.3 is 0 Å². The Morgan fingerprint density at radius 1 is 1.47 bits per heavy atom. The number of ether oxygens (including phenoxy) is 1. The lowest BCUT2D eigenvalue weighted by Crippen LogP contribution is -2.30. The lowest BCUT2D eigenvalue weighted by molar-refractivity contribution is -0.0380. The first-order valence-electron chi connectivity index (χ1n) is 5.36. The second-order valence-corrected chi connectivity index (χ2v) is 3.92. The average molecular weight is 237 g/mol. The molecule has 0 amide bonds. The number of aliphatic imine (C=N–C) groups is 1. The fourth-order valence-corrected chi connectivity index (χ4v) is 1.21. The van der Waals surface area contributed by atoms with Crippen LogP contribution in [0.5, 0.6) is 5.75 Å². The summed E-state index contributed by atoms with van der Waals surface area (Å²) in [6.45, 7) is 1.95. The molecule has 1 unspecified atom stereocenters. The number of aryl methyl sites for hydroxylation is 1. The molecule has 1 aromatic rings. The van der Waals surface area contributed by atoms with Crippen molar-refractivity contribution < 1.29 is 9.84 Å². The third-order valence-electron chi connectivity index (χ3n) is 2.09. The van der Waals surface area contributed by atoms with Crippen molar-refractivity contribution in [3.63, 3.8) is 0 Å². The van der Waals surface area contributed by atoms with E-state index >= 15 is 0 Å². The maximum absolute atomic E-state index is 9.28. The van der Waals surface area contributed by atoms with E-state index in [2.05, 4.69) is 10.3 Å². The van der Waals surface area contributed by atoms with Crippen molar-refractivity contribution in [2.75, 3.05) is 21.1 Å². The van der Waals surface area contributed by atoms with Gasteiger partial charge in [-0.2, -0.15) is 0 Å². The Bertz CT molecular complexity index is 391. The largest absolute Gasteiger partial charge is 0.451 e. The molecule has 1 aromatic carbocycles. The van der Waals surface area contributed by atoms with Crippen LogP contribution in [0.3, 0.4) is 0 Å². The standard InChI is InChI=1S/C12H19N3O2/c1-9-7-10(17-12(16)13-2)5-6-11(9)14-8-15(3)4/h5-8,12-13,16H,1-4H3. The highest BCUT2D eigenvalue weighted by atomic mass is 16.6. The van der Waals surface area contributed by atoms with Crippen LogP contribution < -0.4 is 10.1 Å².